The first-order chi connectivity index (χ1) is 12.2. The first kappa shape index (κ1) is 14.3. The lowest BCUT2D eigenvalue weighted by molar-refractivity contribution is -0.0623. The molecular weight excluding hydrogens is 308 g/mol. The summed E-state index contributed by atoms with van der Waals surface area (Å²) in [6, 6.07) is 13.4. The van der Waals surface area contributed by atoms with Gasteiger partial charge in [-0.2, -0.15) is 0 Å². The van der Waals surface area contributed by atoms with Crippen molar-refractivity contribution in [1.29, 1.82) is 0 Å². The van der Waals surface area contributed by atoms with Crippen LogP contribution in [0.5, 0.6) is 5.75 Å². The molecule has 0 radical (unpaired) electrons. The third kappa shape index (κ3) is 1.88. The highest BCUT2D eigenvalue weighted by molar-refractivity contribution is 5.98. The first-order valence-corrected chi connectivity index (χ1v) is 9.72. The van der Waals surface area contributed by atoms with Crippen molar-refractivity contribution in [3.8, 4) is 5.75 Å². The molecule has 3 aliphatic heterocycles. The second-order valence-corrected chi connectivity index (χ2v) is 8.62. The van der Waals surface area contributed by atoms with Gasteiger partial charge < -0.3 is 4.74 Å². The Labute approximate surface area is 148 Å². The van der Waals surface area contributed by atoms with E-state index in [0.29, 0.717) is 12.0 Å². The summed E-state index contributed by atoms with van der Waals surface area (Å²) >= 11 is 0. The van der Waals surface area contributed by atoms with Crippen LogP contribution in [0.2, 0.25) is 0 Å². The van der Waals surface area contributed by atoms with Crippen molar-refractivity contribution in [3.05, 3.63) is 36.4 Å². The molecule has 5 atom stereocenters. The summed E-state index contributed by atoms with van der Waals surface area (Å²) in [5, 5.41) is 2.42. The molecule has 2 aromatic carbocycles. The molecule has 3 unspecified atom stereocenters. The molecule has 0 N–H and O–H groups in total. The Kier molecular flexibility index (Phi) is 2.78. The fourth-order valence-electron chi connectivity index (χ4n) is 6.20. The molecule has 2 saturated carbocycles. The van der Waals surface area contributed by atoms with Gasteiger partial charge in [0.1, 0.15) is 11.4 Å². The first-order valence-electron chi connectivity index (χ1n) is 9.72. The minimum atomic E-state index is -0.343. The molecule has 0 aromatic heterocycles. The topological polar surface area (TPSA) is 24.8 Å². The van der Waals surface area contributed by atoms with E-state index in [-0.39, 0.29) is 5.72 Å². The lowest BCUT2D eigenvalue weighted by atomic mass is 9.67. The summed E-state index contributed by atoms with van der Waals surface area (Å²) in [6.45, 7) is 0. The normalized spacial score (nSPS) is 38.8. The van der Waals surface area contributed by atoms with Gasteiger partial charge in [0.05, 0.1) is 6.21 Å². The van der Waals surface area contributed by atoms with Crippen molar-refractivity contribution in [2.75, 3.05) is 7.05 Å². The van der Waals surface area contributed by atoms with Crippen molar-refractivity contribution in [1.82, 2.24) is 4.90 Å². The largest absolute Gasteiger partial charge is 0.465 e. The van der Waals surface area contributed by atoms with Crippen molar-refractivity contribution in [2.45, 2.75) is 43.9 Å². The molecule has 3 nitrogen and oxygen atoms in total. The van der Waals surface area contributed by atoms with Crippen LogP contribution in [0.4, 0.5) is 5.69 Å². The summed E-state index contributed by atoms with van der Waals surface area (Å²) in [7, 11) is 2.27. The fourth-order valence-corrected chi connectivity index (χ4v) is 6.20. The number of fused-ring (bicyclic) bond motifs is 3. The lowest BCUT2D eigenvalue weighted by Crippen LogP contribution is -2.59. The summed E-state index contributed by atoms with van der Waals surface area (Å²) < 4.78 is 6.82. The number of hydrogen-bond acceptors (Lipinski definition) is 3. The molecule has 2 aromatic rings. The molecule has 0 amide bonds. The van der Waals surface area contributed by atoms with E-state index in [1.54, 1.807) is 0 Å². The van der Waals surface area contributed by atoms with E-state index in [0.717, 1.165) is 23.3 Å². The van der Waals surface area contributed by atoms with Gasteiger partial charge in [0, 0.05) is 17.3 Å². The van der Waals surface area contributed by atoms with Gasteiger partial charge in [-0.1, -0.05) is 30.3 Å². The maximum absolute atomic E-state index is 6.82. The van der Waals surface area contributed by atoms with Crippen molar-refractivity contribution in [3.63, 3.8) is 0 Å². The number of aliphatic imine (C=N–C) groups is 1. The summed E-state index contributed by atoms with van der Waals surface area (Å²) in [4.78, 5) is 7.53. The van der Waals surface area contributed by atoms with E-state index in [4.69, 9.17) is 9.73 Å². The van der Waals surface area contributed by atoms with Crippen LogP contribution in [0.3, 0.4) is 0 Å². The quantitative estimate of drug-likeness (QED) is 0.694. The fraction of sp³-hybridized carbons (Fsp3) is 0.500. The van der Waals surface area contributed by atoms with E-state index in [1.165, 1.54) is 42.9 Å². The molecule has 128 valence electrons. The predicted octanol–water partition coefficient (Wildman–Crippen LogP) is 4.77. The number of hydrogen-bond donors (Lipinski definition) is 0. The van der Waals surface area contributed by atoms with Gasteiger partial charge in [-0.3, -0.25) is 9.89 Å². The van der Waals surface area contributed by atoms with Crippen molar-refractivity contribution >= 4 is 22.7 Å². The Morgan fingerprint density at radius 1 is 1.00 bits per heavy atom. The number of ether oxygens (including phenoxy) is 1. The SMILES string of the molecule is CN1C2C[C@@H]3CC(C[C@H](C2)C3)C12C=Nc1c(ccc3ccccc13)O2. The Morgan fingerprint density at radius 3 is 2.64 bits per heavy atom. The van der Waals surface area contributed by atoms with Gasteiger partial charge in [0.15, 0.2) is 0 Å². The molecule has 2 saturated heterocycles. The van der Waals surface area contributed by atoms with Crippen molar-refractivity contribution < 1.29 is 4.74 Å². The predicted molar refractivity (Wildman–Crippen MR) is 101 cm³/mol. The minimum absolute atomic E-state index is 0.343. The zero-order chi connectivity index (χ0) is 16.6. The van der Waals surface area contributed by atoms with Crippen LogP contribution in [-0.4, -0.2) is 29.9 Å². The molecule has 25 heavy (non-hydrogen) atoms. The van der Waals surface area contributed by atoms with Crippen LogP contribution >= 0.6 is 0 Å². The zero-order valence-corrected chi connectivity index (χ0v) is 14.7. The molecule has 3 heteroatoms. The van der Waals surface area contributed by atoms with Crippen LogP contribution in [-0.2, 0) is 0 Å². The van der Waals surface area contributed by atoms with Gasteiger partial charge in [0.25, 0.3) is 0 Å². The lowest BCUT2D eigenvalue weighted by Gasteiger charge is -2.45. The van der Waals surface area contributed by atoms with Crippen LogP contribution in [0.25, 0.3) is 10.8 Å². The molecule has 1 spiro atoms. The molecule has 5 aliphatic rings. The maximum atomic E-state index is 6.82. The standard InChI is InChI=1S/C22H24N2O/c1-24-18-11-14-8-15(12-18)10-17(9-14)22(24)13-23-21-19-5-3-2-4-16(19)6-7-20(21)25-22/h2-7,13-15,17-18H,8-12H2,1H3/t14-,15+,17?,18?,22?. The molecule has 3 heterocycles. The molecule has 4 fully saturated rings. The van der Waals surface area contributed by atoms with Crippen LogP contribution in [0.1, 0.15) is 32.1 Å². The number of benzene rings is 2. The van der Waals surface area contributed by atoms with Gasteiger partial charge in [-0.15, -0.1) is 0 Å². The van der Waals surface area contributed by atoms with Crippen molar-refractivity contribution in [2.24, 2.45) is 22.7 Å². The van der Waals surface area contributed by atoms with Gasteiger partial charge in [-0.25, -0.2) is 0 Å². The van der Waals surface area contributed by atoms with E-state index < -0.39 is 0 Å². The maximum Gasteiger partial charge on any atom is 0.202 e. The summed E-state index contributed by atoms with van der Waals surface area (Å²) in [5.41, 5.74) is 0.658. The van der Waals surface area contributed by atoms with E-state index in [1.807, 2.05) is 0 Å². The van der Waals surface area contributed by atoms with Gasteiger partial charge in [0.2, 0.25) is 5.72 Å². The second-order valence-electron chi connectivity index (χ2n) is 8.62. The van der Waals surface area contributed by atoms with Crippen LogP contribution in [0.15, 0.2) is 41.4 Å². The minimum Gasteiger partial charge on any atom is -0.465 e. The zero-order valence-electron chi connectivity index (χ0n) is 14.7. The van der Waals surface area contributed by atoms with E-state index >= 15 is 0 Å². The van der Waals surface area contributed by atoms with Gasteiger partial charge in [-0.05, 0) is 62.4 Å². The second kappa shape index (κ2) is 4.85. The average Bonchev–Trinajstić information content (AvgIpc) is 2.76. The number of rotatable bonds is 0. The Morgan fingerprint density at radius 2 is 1.80 bits per heavy atom. The van der Waals surface area contributed by atoms with E-state index in [2.05, 4.69) is 54.6 Å². The summed E-state index contributed by atoms with van der Waals surface area (Å²) in [6.07, 6.45) is 8.86. The van der Waals surface area contributed by atoms with Gasteiger partial charge >= 0.3 is 0 Å². The van der Waals surface area contributed by atoms with E-state index in [9.17, 15) is 0 Å². The average molecular weight is 332 g/mol. The third-order valence-corrected chi connectivity index (χ3v) is 7.31. The van der Waals surface area contributed by atoms with Crippen LogP contribution in [0, 0.1) is 17.8 Å². The molecule has 4 bridgehead atoms. The highest BCUT2D eigenvalue weighted by atomic mass is 16.5. The summed E-state index contributed by atoms with van der Waals surface area (Å²) in [5.74, 6) is 3.30. The monoisotopic (exact) mass is 332 g/mol. The highest BCUT2D eigenvalue weighted by Gasteiger charge is 2.56. The highest BCUT2D eigenvalue weighted by Crippen LogP contribution is 2.55. The van der Waals surface area contributed by atoms with Crippen LogP contribution < -0.4 is 4.74 Å². The Bertz CT molecular complexity index is 877. The Balaban J connectivity index is 1.50. The smallest absolute Gasteiger partial charge is 0.202 e. The number of nitrogens with zero attached hydrogens (tertiary/aromatic N) is 2. The molecule has 2 aliphatic carbocycles. The molecule has 7 rings (SSSR count). The third-order valence-electron chi connectivity index (χ3n) is 7.31. The molecular formula is C22H24N2O. The Hall–Kier alpha value is -1.87.